The summed E-state index contributed by atoms with van der Waals surface area (Å²) in [5.41, 5.74) is -1.41. The summed E-state index contributed by atoms with van der Waals surface area (Å²) in [6, 6.07) is 0. The van der Waals surface area contributed by atoms with Crippen LogP contribution in [0.5, 0.6) is 5.75 Å². The predicted octanol–water partition coefficient (Wildman–Crippen LogP) is -0.205. The number of aromatic hydroxyl groups is 1. The lowest BCUT2D eigenvalue weighted by Crippen LogP contribution is -2.20. The van der Waals surface area contributed by atoms with E-state index in [9.17, 15) is 9.59 Å². The number of hydrogen-bond acceptors (Lipinski definition) is 3. The van der Waals surface area contributed by atoms with Crippen molar-refractivity contribution in [3.8, 4) is 5.75 Å². The number of nitrogens with one attached hydrogen (secondary N) is 2. The summed E-state index contributed by atoms with van der Waals surface area (Å²) in [4.78, 5) is 24.4. The Labute approximate surface area is 62.7 Å². The van der Waals surface area contributed by atoms with E-state index < -0.39 is 17.0 Å². The van der Waals surface area contributed by atoms with Crippen LogP contribution in [0, 0.1) is 0 Å². The van der Waals surface area contributed by atoms with Crippen molar-refractivity contribution >= 4 is 0 Å². The molecule has 1 aromatic rings. The number of hydrogen-bond donors (Lipinski definition) is 3. The molecule has 3 N–H and O–H groups in total. The lowest BCUT2D eigenvalue weighted by atomic mass is 10.6. The molecule has 0 radical (unpaired) electrons. The number of aromatic nitrogens is 2. The molecule has 0 aliphatic heterocycles. The smallest absolute Gasteiger partial charge is 0.325 e. The van der Waals surface area contributed by atoms with Crippen molar-refractivity contribution in [1.82, 2.24) is 9.97 Å². The second-order valence-corrected chi connectivity index (χ2v) is 1.46. The Morgan fingerprint density at radius 2 is 1.91 bits per heavy atom. The molecule has 0 aliphatic rings. The van der Waals surface area contributed by atoms with Gasteiger partial charge in [0.1, 0.15) is 0 Å². The molecule has 1 aromatic heterocycles. The molecule has 5 heteroatoms. The standard InChI is InChI=1S/C4H4N2O3.C2H6/c7-2-1-5-4(9)6-3(2)8;1-2/h1,7H,(H2,5,6,8,9);1-2H3. The highest BCUT2D eigenvalue weighted by atomic mass is 16.3. The Balaban J connectivity index is 0.000000461. The largest absolute Gasteiger partial charge is 0.502 e. The van der Waals surface area contributed by atoms with Gasteiger partial charge in [0.2, 0.25) is 0 Å². The lowest BCUT2D eigenvalue weighted by molar-refractivity contribution is 0.462. The Kier molecular flexibility index (Phi) is 3.72. The molecule has 62 valence electrons. The second-order valence-electron chi connectivity index (χ2n) is 1.46. The first-order valence-corrected chi connectivity index (χ1v) is 3.21. The fourth-order valence-electron chi connectivity index (χ4n) is 0.403. The third-order valence-electron chi connectivity index (χ3n) is 0.800. The van der Waals surface area contributed by atoms with Gasteiger partial charge in [0.15, 0.2) is 5.75 Å². The molecule has 0 atom stereocenters. The van der Waals surface area contributed by atoms with Gasteiger partial charge in [-0.3, -0.25) is 9.78 Å². The number of H-pyrrole nitrogens is 2. The van der Waals surface area contributed by atoms with Crippen LogP contribution in [0.4, 0.5) is 0 Å². The van der Waals surface area contributed by atoms with Crippen molar-refractivity contribution in [3.05, 3.63) is 27.0 Å². The van der Waals surface area contributed by atoms with Gasteiger partial charge in [-0.15, -0.1) is 0 Å². The minimum atomic E-state index is -0.779. The van der Waals surface area contributed by atoms with E-state index in [1.54, 1.807) is 0 Å². The molecule has 0 saturated carbocycles. The third kappa shape index (κ3) is 2.70. The Bertz CT molecular complexity index is 312. The molecule has 0 saturated heterocycles. The highest BCUT2D eigenvalue weighted by Crippen LogP contribution is 1.86. The van der Waals surface area contributed by atoms with Crippen molar-refractivity contribution in [2.75, 3.05) is 0 Å². The lowest BCUT2D eigenvalue weighted by Gasteiger charge is -1.83. The predicted molar refractivity (Wildman–Crippen MR) is 40.7 cm³/mol. The van der Waals surface area contributed by atoms with Gasteiger partial charge in [0.25, 0.3) is 5.56 Å². The summed E-state index contributed by atoms with van der Waals surface area (Å²) in [6.07, 6.45) is 0.932. The maximum atomic E-state index is 10.3. The molecule has 1 rings (SSSR count). The first-order valence-electron chi connectivity index (χ1n) is 3.21. The fraction of sp³-hybridized carbons (Fsp3) is 0.333. The average Bonchev–Trinajstić information content (AvgIpc) is 2.02. The SMILES string of the molecule is CC.O=c1[nH]cc(O)c(=O)[nH]1. The monoisotopic (exact) mass is 158 g/mol. The number of rotatable bonds is 0. The van der Waals surface area contributed by atoms with E-state index in [2.05, 4.69) is 4.98 Å². The van der Waals surface area contributed by atoms with Gasteiger partial charge in [0, 0.05) is 0 Å². The zero-order valence-corrected chi connectivity index (χ0v) is 6.34. The van der Waals surface area contributed by atoms with Crippen LogP contribution in [-0.4, -0.2) is 15.1 Å². The minimum absolute atomic E-state index is 0.491. The van der Waals surface area contributed by atoms with Crippen molar-refractivity contribution < 1.29 is 5.11 Å². The van der Waals surface area contributed by atoms with Crippen LogP contribution in [-0.2, 0) is 0 Å². The molecule has 0 fully saturated rings. The fourth-order valence-corrected chi connectivity index (χ4v) is 0.403. The highest BCUT2D eigenvalue weighted by molar-refractivity contribution is 5.07. The Morgan fingerprint density at radius 3 is 2.27 bits per heavy atom. The summed E-state index contributed by atoms with van der Waals surface area (Å²) in [6.45, 7) is 4.00. The molecule has 0 aliphatic carbocycles. The molecule has 0 aromatic carbocycles. The van der Waals surface area contributed by atoms with Gasteiger partial charge in [0.05, 0.1) is 6.20 Å². The van der Waals surface area contributed by atoms with E-state index >= 15 is 0 Å². The topological polar surface area (TPSA) is 85.9 Å². The van der Waals surface area contributed by atoms with Gasteiger partial charge in [-0.25, -0.2) is 4.79 Å². The molecule has 1 heterocycles. The van der Waals surface area contributed by atoms with E-state index in [1.807, 2.05) is 18.8 Å². The molecular formula is C6H10N2O3. The Morgan fingerprint density at radius 1 is 1.36 bits per heavy atom. The van der Waals surface area contributed by atoms with Crippen LogP contribution in [0.1, 0.15) is 13.8 Å². The number of aromatic amines is 2. The zero-order chi connectivity index (χ0) is 8.85. The van der Waals surface area contributed by atoms with Gasteiger partial charge in [-0.05, 0) is 0 Å². The van der Waals surface area contributed by atoms with Gasteiger partial charge >= 0.3 is 5.69 Å². The molecular weight excluding hydrogens is 148 g/mol. The molecule has 0 unspecified atom stereocenters. The summed E-state index contributed by atoms with van der Waals surface area (Å²) in [5.74, 6) is -0.491. The van der Waals surface area contributed by atoms with Crippen LogP contribution in [0.25, 0.3) is 0 Å². The van der Waals surface area contributed by atoms with Crippen LogP contribution in [0.2, 0.25) is 0 Å². The van der Waals surface area contributed by atoms with Crippen LogP contribution < -0.4 is 11.2 Å². The van der Waals surface area contributed by atoms with Gasteiger partial charge in [-0.1, -0.05) is 13.8 Å². The van der Waals surface area contributed by atoms with E-state index in [-0.39, 0.29) is 0 Å². The van der Waals surface area contributed by atoms with Gasteiger partial charge in [-0.2, -0.15) is 0 Å². The molecule has 0 amide bonds. The summed E-state index contributed by atoms with van der Waals surface area (Å²) in [7, 11) is 0. The normalized spacial score (nSPS) is 8.18. The highest BCUT2D eigenvalue weighted by Gasteiger charge is 1.91. The first-order chi connectivity index (χ1) is 5.20. The van der Waals surface area contributed by atoms with Crippen molar-refractivity contribution in [1.29, 1.82) is 0 Å². The maximum Gasteiger partial charge on any atom is 0.325 e. The summed E-state index contributed by atoms with van der Waals surface area (Å²) < 4.78 is 0. The third-order valence-corrected chi connectivity index (χ3v) is 0.800. The van der Waals surface area contributed by atoms with E-state index in [0.717, 1.165) is 6.20 Å². The van der Waals surface area contributed by atoms with Crippen LogP contribution in [0.15, 0.2) is 15.8 Å². The van der Waals surface area contributed by atoms with E-state index in [0.29, 0.717) is 0 Å². The maximum absolute atomic E-state index is 10.3. The molecule has 0 spiro atoms. The first kappa shape index (κ1) is 9.48. The van der Waals surface area contributed by atoms with Gasteiger partial charge < -0.3 is 10.1 Å². The quantitative estimate of drug-likeness (QED) is 0.488. The zero-order valence-electron chi connectivity index (χ0n) is 6.34. The van der Waals surface area contributed by atoms with Crippen molar-refractivity contribution in [2.45, 2.75) is 13.8 Å². The summed E-state index contributed by atoms with van der Waals surface area (Å²) >= 11 is 0. The Hall–Kier alpha value is -1.52. The molecule has 11 heavy (non-hydrogen) atoms. The van der Waals surface area contributed by atoms with Crippen molar-refractivity contribution in [3.63, 3.8) is 0 Å². The van der Waals surface area contributed by atoms with E-state index in [1.165, 1.54) is 0 Å². The summed E-state index contributed by atoms with van der Waals surface area (Å²) in [5, 5.41) is 8.53. The minimum Gasteiger partial charge on any atom is -0.502 e. The van der Waals surface area contributed by atoms with Crippen molar-refractivity contribution in [2.24, 2.45) is 0 Å². The van der Waals surface area contributed by atoms with E-state index in [4.69, 9.17) is 5.11 Å². The average molecular weight is 158 g/mol. The molecule has 0 bridgehead atoms. The molecule has 5 nitrogen and oxygen atoms in total. The second kappa shape index (κ2) is 4.32. The van der Waals surface area contributed by atoms with Crippen LogP contribution >= 0.6 is 0 Å². The van der Waals surface area contributed by atoms with Crippen LogP contribution in [0.3, 0.4) is 0 Å².